The molecule has 0 aromatic rings. The van der Waals surface area contributed by atoms with Crippen molar-refractivity contribution in [3.8, 4) is 0 Å². The van der Waals surface area contributed by atoms with Gasteiger partial charge in [0.15, 0.2) is 0 Å². The first-order chi connectivity index (χ1) is 3.52. The molecule has 0 saturated carbocycles. The minimum Gasteiger partial charge on any atom is -0.809 e. The topological polar surface area (TPSA) is 75.7 Å². The van der Waals surface area contributed by atoms with Crippen molar-refractivity contribution in [3.63, 3.8) is 0 Å². The fourth-order valence-electron chi connectivity index (χ4n) is 0.506. The molecule has 2 atom stereocenters. The quantitative estimate of drug-likeness (QED) is 0.229. The van der Waals surface area contributed by atoms with E-state index in [2.05, 4.69) is 4.74 Å². The molecule has 0 radical (unpaired) electrons. The summed E-state index contributed by atoms with van der Waals surface area (Å²) in [6.07, 6.45) is -0.379. The van der Waals surface area contributed by atoms with Gasteiger partial charge in [0.2, 0.25) is 0 Å². The van der Waals surface area contributed by atoms with Crippen molar-refractivity contribution in [2.24, 2.45) is 0 Å². The van der Waals surface area contributed by atoms with Crippen LogP contribution >= 0.6 is 7.60 Å². The molecule has 0 N–H and O–H groups in total. The van der Waals surface area contributed by atoms with Gasteiger partial charge in [0, 0.05) is 0 Å². The van der Waals surface area contributed by atoms with Gasteiger partial charge in [-0.05, 0) is 14.5 Å². The van der Waals surface area contributed by atoms with E-state index < -0.39 is 13.4 Å². The molecule has 1 aliphatic rings. The summed E-state index contributed by atoms with van der Waals surface area (Å²) in [5, 5.41) is 0. The number of rotatable bonds is 1. The van der Waals surface area contributed by atoms with Crippen molar-refractivity contribution in [3.05, 3.63) is 0 Å². The smallest absolute Gasteiger partial charge is 0.809 e. The summed E-state index contributed by atoms with van der Waals surface area (Å²) in [5.41, 5.74) is 0. The summed E-state index contributed by atoms with van der Waals surface area (Å²) in [5.74, 6) is -1.04. The Balaban J connectivity index is 0. The Morgan fingerprint density at radius 1 is 1.40 bits per heavy atom. The zero-order valence-electron chi connectivity index (χ0n) is 6.23. The second-order valence-electron chi connectivity index (χ2n) is 1.77. The molecule has 1 aliphatic heterocycles. The third kappa shape index (κ3) is 4.21. The SMILES string of the molecule is C[C@@H]1O[C@@H]1P(=O)([O-])[O-].[Na+].[Na+]. The Morgan fingerprint density at radius 3 is 1.70 bits per heavy atom. The molecule has 10 heavy (non-hydrogen) atoms. The van der Waals surface area contributed by atoms with E-state index in [1.165, 1.54) is 0 Å². The van der Waals surface area contributed by atoms with Crippen molar-refractivity contribution >= 4 is 7.60 Å². The van der Waals surface area contributed by atoms with Gasteiger partial charge in [0.05, 0.1) is 6.10 Å². The van der Waals surface area contributed by atoms with Crippen molar-refractivity contribution in [2.75, 3.05) is 0 Å². The van der Waals surface area contributed by atoms with Crippen LogP contribution in [0.1, 0.15) is 6.92 Å². The van der Waals surface area contributed by atoms with Crippen LogP contribution in [0.5, 0.6) is 0 Å². The van der Waals surface area contributed by atoms with Crippen LogP contribution in [-0.4, -0.2) is 11.9 Å². The van der Waals surface area contributed by atoms with Crippen molar-refractivity contribution in [2.45, 2.75) is 18.9 Å². The molecule has 0 amide bonds. The summed E-state index contributed by atoms with van der Waals surface area (Å²) in [6.45, 7) is 1.55. The average Bonchev–Trinajstić information content (AvgIpc) is 2.13. The van der Waals surface area contributed by atoms with Crippen LogP contribution in [-0.2, 0) is 9.30 Å². The Kier molecular flexibility index (Phi) is 7.27. The molecule has 0 aromatic carbocycles. The van der Waals surface area contributed by atoms with Crippen LogP contribution in [0.15, 0.2) is 0 Å². The molecule has 7 heteroatoms. The van der Waals surface area contributed by atoms with E-state index in [4.69, 9.17) is 0 Å². The fraction of sp³-hybridized carbons (Fsp3) is 1.00. The van der Waals surface area contributed by atoms with Crippen LogP contribution in [0.2, 0.25) is 0 Å². The number of ether oxygens (including phenoxy) is 1. The molecule has 0 bridgehead atoms. The number of epoxide rings is 1. The van der Waals surface area contributed by atoms with Gasteiger partial charge >= 0.3 is 59.1 Å². The fourth-order valence-corrected chi connectivity index (χ4v) is 1.36. The van der Waals surface area contributed by atoms with Gasteiger partial charge in [0.25, 0.3) is 0 Å². The van der Waals surface area contributed by atoms with E-state index in [1.54, 1.807) is 6.92 Å². The van der Waals surface area contributed by atoms with Gasteiger partial charge < -0.3 is 19.1 Å². The second-order valence-corrected chi connectivity index (χ2v) is 3.36. The maximum Gasteiger partial charge on any atom is 1.00 e. The zero-order valence-corrected chi connectivity index (χ0v) is 11.1. The van der Waals surface area contributed by atoms with Crippen LogP contribution in [0.4, 0.5) is 0 Å². The van der Waals surface area contributed by atoms with E-state index in [1.807, 2.05) is 0 Å². The van der Waals surface area contributed by atoms with Gasteiger partial charge in [-0.1, -0.05) is 0 Å². The van der Waals surface area contributed by atoms with Crippen LogP contribution < -0.4 is 68.9 Å². The number of hydrogen-bond acceptors (Lipinski definition) is 4. The van der Waals surface area contributed by atoms with Crippen LogP contribution in [0, 0.1) is 0 Å². The van der Waals surface area contributed by atoms with E-state index in [-0.39, 0.29) is 65.2 Å². The largest absolute Gasteiger partial charge is 1.00 e. The molecule has 0 aliphatic carbocycles. The first-order valence-corrected chi connectivity index (χ1v) is 3.80. The summed E-state index contributed by atoms with van der Waals surface area (Å²) < 4.78 is 14.3. The molecule has 0 unspecified atom stereocenters. The minimum atomic E-state index is -4.40. The predicted molar refractivity (Wildman–Crippen MR) is 21.9 cm³/mol. The first-order valence-electron chi connectivity index (χ1n) is 2.19. The summed E-state index contributed by atoms with van der Waals surface area (Å²) in [7, 11) is -4.40. The summed E-state index contributed by atoms with van der Waals surface area (Å²) in [6, 6.07) is 0. The average molecular weight is 182 g/mol. The summed E-state index contributed by atoms with van der Waals surface area (Å²) >= 11 is 0. The predicted octanol–water partition coefficient (Wildman–Crippen LogP) is -7.35. The molecule has 48 valence electrons. The van der Waals surface area contributed by atoms with Crippen molar-refractivity contribution in [1.29, 1.82) is 0 Å². The van der Waals surface area contributed by atoms with Gasteiger partial charge in [-0.15, -0.1) is 0 Å². The standard InChI is InChI=1S/C3H7O4P.2Na/c1-2-3(7-2)8(4,5)6;;/h2-3H,1H3,(H2,4,5,6);;/q;2*+1/p-2/t2-,3+;;/m0../s1. The molecule has 1 rings (SSSR count). The minimum absolute atomic E-state index is 0. The Labute approximate surface area is 103 Å². The second kappa shape index (κ2) is 4.97. The molecular formula is C3H5Na2O4P. The Hall–Kier alpha value is 2.11. The Bertz CT molecular complexity index is 145. The van der Waals surface area contributed by atoms with Crippen molar-refractivity contribution < 1.29 is 78.2 Å². The van der Waals surface area contributed by atoms with E-state index >= 15 is 0 Å². The van der Waals surface area contributed by atoms with Crippen molar-refractivity contribution in [1.82, 2.24) is 0 Å². The molecule has 1 fully saturated rings. The van der Waals surface area contributed by atoms with Gasteiger partial charge in [-0.25, -0.2) is 0 Å². The van der Waals surface area contributed by atoms with E-state index in [0.29, 0.717) is 0 Å². The molecule has 0 aromatic heterocycles. The normalized spacial score (nSPS) is 29.9. The number of hydrogen-bond donors (Lipinski definition) is 0. The van der Waals surface area contributed by atoms with Crippen LogP contribution in [0.3, 0.4) is 0 Å². The molecule has 0 spiro atoms. The van der Waals surface area contributed by atoms with Crippen LogP contribution in [0.25, 0.3) is 0 Å². The monoisotopic (exact) mass is 182 g/mol. The molecular weight excluding hydrogens is 177 g/mol. The molecule has 1 heterocycles. The van der Waals surface area contributed by atoms with Gasteiger partial charge in [0.1, 0.15) is 5.85 Å². The molecule has 4 nitrogen and oxygen atoms in total. The summed E-state index contributed by atoms with van der Waals surface area (Å²) in [4.78, 5) is 19.9. The first kappa shape index (κ1) is 14.6. The zero-order chi connectivity index (χ0) is 6.36. The van der Waals surface area contributed by atoms with Gasteiger partial charge in [-0.2, -0.15) is 0 Å². The van der Waals surface area contributed by atoms with E-state index in [0.717, 1.165) is 0 Å². The maximum atomic E-state index is 9.95. The van der Waals surface area contributed by atoms with E-state index in [9.17, 15) is 14.4 Å². The third-order valence-electron chi connectivity index (χ3n) is 0.991. The third-order valence-corrected chi connectivity index (χ3v) is 2.16. The maximum absolute atomic E-state index is 9.95. The Morgan fingerprint density at radius 2 is 1.70 bits per heavy atom. The van der Waals surface area contributed by atoms with Gasteiger partial charge in [-0.3, -0.25) is 0 Å². The molecule has 1 saturated heterocycles.